The average molecular weight is 229 g/mol. The fraction of sp³-hybridized carbons (Fsp3) is 0.286. The SMILES string of the molecule is Cc1cc(N)c(NCCc2cc[nH]c2)cc1C. The largest absolute Gasteiger partial charge is 0.397 e. The summed E-state index contributed by atoms with van der Waals surface area (Å²) in [6.07, 6.45) is 4.96. The van der Waals surface area contributed by atoms with Gasteiger partial charge in [0.2, 0.25) is 0 Å². The van der Waals surface area contributed by atoms with Crippen molar-refractivity contribution >= 4 is 11.4 Å². The molecule has 0 aliphatic carbocycles. The molecule has 3 heteroatoms. The smallest absolute Gasteiger partial charge is 0.0576 e. The summed E-state index contributed by atoms with van der Waals surface area (Å²) < 4.78 is 0. The van der Waals surface area contributed by atoms with Crippen LogP contribution in [0, 0.1) is 13.8 Å². The number of aromatic nitrogens is 1. The first-order valence-corrected chi connectivity index (χ1v) is 5.89. The molecule has 0 unspecified atom stereocenters. The second kappa shape index (κ2) is 4.95. The Labute approximate surface area is 102 Å². The van der Waals surface area contributed by atoms with E-state index in [4.69, 9.17) is 5.73 Å². The minimum absolute atomic E-state index is 0.821. The molecular formula is C14H19N3. The van der Waals surface area contributed by atoms with E-state index in [0.29, 0.717) is 0 Å². The fourth-order valence-electron chi connectivity index (χ4n) is 1.85. The zero-order valence-corrected chi connectivity index (χ0v) is 10.4. The molecule has 1 aromatic heterocycles. The van der Waals surface area contributed by atoms with Crippen molar-refractivity contribution in [1.29, 1.82) is 0 Å². The van der Waals surface area contributed by atoms with Crippen molar-refractivity contribution in [3.8, 4) is 0 Å². The lowest BCUT2D eigenvalue weighted by Gasteiger charge is -2.11. The Morgan fingerprint density at radius 2 is 2.00 bits per heavy atom. The van der Waals surface area contributed by atoms with Crippen molar-refractivity contribution in [1.82, 2.24) is 4.98 Å². The highest BCUT2D eigenvalue weighted by Gasteiger charge is 2.02. The standard InChI is InChI=1S/C14H19N3/c1-10-7-13(15)14(8-11(10)2)17-6-4-12-3-5-16-9-12/h3,5,7-9,16-17H,4,6,15H2,1-2H3. The van der Waals surface area contributed by atoms with E-state index < -0.39 is 0 Å². The fourth-order valence-corrected chi connectivity index (χ4v) is 1.85. The van der Waals surface area contributed by atoms with Gasteiger partial charge in [0, 0.05) is 18.9 Å². The maximum atomic E-state index is 5.98. The number of aromatic amines is 1. The third-order valence-corrected chi connectivity index (χ3v) is 3.06. The van der Waals surface area contributed by atoms with Crippen LogP contribution in [0.4, 0.5) is 11.4 Å². The van der Waals surface area contributed by atoms with Gasteiger partial charge in [-0.15, -0.1) is 0 Å². The molecule has 4 N–H and O–H groups in total. The van der Waals surface area contributed by atoms with E-state index in [1.54, 1.807) is 0 Å². The van der Waals surface area contributed by atoms with Crippen molar-refractivity contribution in [2.45, 2.75) is 20.3 Å². The first-order chi connectivity index (χ1) is 8.16. The van der Waals surface area contributed by atoms with Gasteiger partial charge < -0.3 is 16.0 Å². The molecule has 0 amide bonds. The number of nitrogens with two attached hydrogens (primary N) is 1. The molecule has 0 atom stereocenters. The van der Waals surface area contributed by atoms with E-state index in [2.05, 4.69) is 36.3 Å². The summed E-state index contributed by atoms with van der Waals surface area (Å²) in [4.78, 5) is 3.05. The van der Waals surface area contributed by atoms with Crippen LogP contribution in [0.25, 0.3) is 0 Å². The van der Waals surface area contributed by atoms with Crippen LogP contribution in [-0.4, -0.2) is 11.5 Å². The Bertz CT molecular complexity index is 486. The van der Waals surface area contributed by atoms with E-state index >= 15 is 0 Å². The van der Waals surface area contributed by atoms with E-state index in [-0.39, 0.29) is 0 Å². The van der Waals surface area contributed by atoms with Crippen LogP contribution < -0.4 is 11.1 Å². The topological polar surface area (TPSA) is 53.8 Å². The predicted octanol–water partition coefficient (Wildman–Crippen LogP) is 2.87. The average Bonchev–Trinajstić information content (AvgIpc) is 2.78. The summed E-state index contributed by atoms with van der Waals surface area (Å²) in [6.45, 7) is 5.08. The molecule has 0 spiro atoms. The highest BCUT2D eigenvalue weighted by Crippen LogP contribution is 2.22. The molecule has 0 saturated heterocycles. The molecule has 0 radical (unpaired) electrons. The van der Waals surface area contributed by atoms with E-state index in [1.165, 1.54) is 16.7 Å². The van der Waals surface area contributed by atoms with Crippen molar-refractivity contribution < 1.29 is 0 Å². The molecule has 1 aromatic carbocycles. The van der Waals surface area contributed by atoms with Gasteiger partial charge in [-0.25, -0.2) is 0 Å². The lowest BCUT2D eigenvalue weighted by atomic mass is 10.1. The van der Waals surface area contributed by atoms with Gasteiger partial charge in [0.15, 0.2) is 0 Å². The number of nitrogens with one attached hydrogen (secondary N) is 2. The molecule has 17 heavy (non-hydrogen) atoms. The summed E-state index contributed by atoms with van der Waals surface area (Å²) in [5.41, 5.74) is 11.6. The molecule has 1 heterocycles. The summed E-state index contributed by atoms with van der Waals surface area (Å²) >= 11 is 0. The number of benzene rings is 1. The van der Waals surface area contributed by atoms with Gasteiger partial charge in [-0.05, 0) is 55.2 Å². The predicted molar refractivity (Wildman–Crippen MR) is 73.3 cm³/mol. The van der Waals surface area contributed by atoms with Crippen LogP contribution >= 0.6 is 0 Å². The van der Waals surface area contributed by atoms with E-state index in [9.17, 15) is 0 Å². The van der Waals surface area contributed by atoms with Crippen LogP contribution in [-0.2, 0) is 6.42 Å². The molecule has 0 aliphatic heterocycles. The number of anilines is 2. The lowest BCUT2D eigenvalue weighted by Crippen LogP contribution is -2.07. The molecule has 0 bridgehead atoms. The third-order valence-electron chi connectivity index (χ3n) is 3.06. The summed E-state index contributed by atoms with van der Waals surface area (Å²) in [6, 6.07) is 6.22. The third kappa shape index (κ3) is 2.81. The maximum absolute atomic E-state index is 5.98. The minimum atomic E-state index is 0.821. The molecular weight excluding hydrogens is 210 g/mol. The van der Waals surface area contributed by atoms with Crippen molar-refractivity contribution in [3.05, 3.63) is 47.3 Å². The summed E-state index contributed by atoms with van der Waals surface area (Å²) in [7, 11) is 0. The highest BCUT2D eigenvalue weighted by molar-refractivity contribution is 5.68. The van der Waals surface area contributed by atoms with Crippen LogP contribution in [0.15, 0.2) is 30.6 Å². The zero-order valence-electron chi connectivity index (χ0n) is 10.4. The normalized spacial score (nSPS) is 10.5. The summed E-state index contributed by atoms with van der Waals surface area (Å²) in [5.74, 6) is 0. The van der Waals surface area contributed by atoms with Gasteiger partial charge in [0.25, 0.3) is 0 Å². The van der Waals surface area contributed by atoms with Gasteiger partial charge >= 0.3 is 0 Å². The highest BCUT2D eigenvalue weighted by atomic mass is 14.9. The van der Waals surface area contributed by atoms with Crippen molar-refractivity contribution in [2.75, 3.05) is 17.6 Å². The number of rotatable bonds is 4. The van der Waals surface area contributed by atoms with Crippen LogP contribution in [0.3, 0.4) is 0 Å². The summed E-state index contributed by atoms with van der Waals surface area (Å²) in [5, 5.41) is 3.38. The van der Waals surface area contributed by atoms with Gasteiger partial charge in [-0.1, -0.05) is 0 Å². The van der Waals surface area contributed by atoms with Crippen molar-refractivity contribution in [3.63, 3.8) is 0 Å². The van der Waals surface area contributed by atoms with E-state index in [0.717, 1.165) is 24.3 Å². The maximum Gasteiger partial charge on any atom is 0.0576 e. The minimum Gasteiger partial charge on any atom is -0.397 e. The Hall–Kier alpha value is -1.90. The number of H-pyrrole nitrogens is 1. The second-order valence-corrected chi connectivity index (χ2v) is 4.42. The molecule has 90 valence electrons. The number of nitrogen functional groups attached to an aromatic ring is 1. The zero-order chi connectivity index (χ0) is 12.3. The van der Waals surface area contributed by atoms with Gasteiger partial charge in [-0.2, -0.15) is 0 Å². The van der Waals surface area contributed by atoms with Gasteiger partial charge in [0.1, 0.15) is 0 Å². The first-order valence-electron chi connectivity index (χ1n) is 5.89. The number of aryl methyl sites for hydroxylation is 2. The molecule has 0 aliphatic rings. The molecule has 0 fully saturated rings. The van der Waals surface area contributed by atoms with E-state index in [1.807, 2.05) is 18.5 Å². The van der Waals surface area contributed by atoms with Gasteiger partial charge in [-0.3, -0.25) is 0 Å². The van der Waals surface area contributed by atoms with Crippen LogP contribution in [0.2, 0.25) is 0 Å². The first kappa shape index (κ1) is 11.6. The molecule has 3 nitrogen and oxygen atoms in total. The Morgan fingerprint density at radius 3 is 2.71 bits per heavy atom. The lowest BCUT2D eigenvalue weighted by molar-refractivity contribution is 1.02. The molecule has 2 aromatic rings. The Balaban J connectivity index is 1.97. The second-order valence-electron chi connectivity index (χ2n) is 4.42. The molecule has 2 rings (SSSR count). The Morgan fingerprint density at radius 1 is 1.24 bits per heavy atom. The number of hydrogen-bond acceptors (Lipinski definition) is 2. The van der Waals surface area contributed by atoms with Crippen molar-refractivity contribution in [2.24, 2.45) is 0 Å². The quantitative estimate of drug-likeness (QED) is 0.706. The Kier molecular flexibility index (Phi) is 3.38. The van der Waals surface area contributed by atoms with Gasteiger partial charge in [0.05, 0.1) is 11.4 Å². The number of hydrogen-bond donors (Lipinski definition) is 3. The van der Waals surface area contributed by atoms with Crippen LogP contribution in [0.5, 0.6) is 0 Å². The van der Waals surface area contributed by atoms with Crippen LogP contribution in [0.1, 0.15) is 16.7 Å². The monoisotopic (exact) mass is 229 g/mol. The molecule has 0 saturated carbocycles.